The number of ether oxygens (including phenoxy) is 1. The Balaban J connectivity index is 1.78. The van der Waals surface area contributed by atoms with E-state index in [4.69, 9.17) is 4.74 Å². The number of carbonyl (C=O) groups is 1. The van der Waals surface area contributed by atoms with Gasteiger partial charge in [-0.25, -0.2) is 0 Å². The zero-order valence-electron chi connectivity index (χ0n) is 13.0. The number of benzene rings is 1. The molecule has 1 fully saturated rings. The number of nitrogens with zero attached hydrogens (tertiary/aromatic N) is 1. The number of carbonyl (C=O) groups excluding carboxylic acids is 1. The molecule has 0 heterocycles. The van der Waals surface area contributed by atoms with E-state index in [1.54, 1.807) is 0 Å². The minimum atomic E-state index is 0.175. The van der Waals surface area contributed by atoms with Gasteiger partial charge < -0.3 is 9.64 Å². The van der Waals surface area contributed by atoms with E-state index in [-0.39, 0.29) is 5.91 Å². The van der Waals surface area contributed by atoms with Crippen LogP contribution in [0.3, 0.4) is 0 Å². The number of aryl methyl sites for hydroxylation is 2. The summed E-state index contributed by atoms with van der Waals surface area (Å²) in [5.74, 6) is 1.76. The maximum atomic E-state index is 12.1. The predicted molar refractivity (Wildman–Crippen MR) is 81.0 cm³/mol. The summed E-state index contributed by atoms with van der Waals surface area (Å²) < 4.78 is 5.72. The Morgan fingerprint density at radius 2 is 2.10 bits per heavy atom. The minimum Gasteiger partial charge on any atom is -0.493 e. The molecule has 1 amide bonds. The molecule has 2 rings (SSSR count). The summed E-state index contributed by atoms with van der Waals surface area (Å²) in [5.41, 5.74) is 2.35. The van der Waals surface area contributed by atoms with Crippen LogP contribution in [-0.2, 0) is 4.79 Å². The van der Waals surface area contributed by atoms with E-state index in [9.17, 15) is 4.79 Å². The fourth-order valence-corrected chi connectivity index (χ4v) is 2.51. The van der Waals surface area contributed by atoms with Gasteiger partial charge in [-0.3, -0.25) is 4.79 Å². The Kier molecular flexibility index (Phi) is 4.69. The molecule has 0 radical (unpaired) electrons. The summed E-state index contributed by atoms with van der Waals surface area (Å²) in [6, 6.07) is 6.47. The highest BCUT2D eigenvalue weighted by Gasteiger charge is 2.32. The van der Waals surface area contributed by atoms with Gasteiger partial charge in [-0.15, -0.1) is 0 Å². The largest absolute Gasteiger partial charge is 0.493 e. The lowest BCUT2D eigenvalue weighted by Crippen LogP contribution is -2.37. The van der Waals surface area contributed by atoms with E-state index in [0.29, 0.717) is 25.0 Å². The summed E-state index contributed by atoms with van der Waals surface area (Å²) in [5, 5.41) is 0. The maximum absolute atomic E-state index is 12.1. The molecule has 0 N–H and O–H groups in total. The molecule has 3 heteroatoms. The van der Waals surface area contributed by atoms with Crippen LogP contribution in [0.4, 0.5) is 0 Å². The van der Waals surface area contributed by atoms with Crippen molar-refractivity contribution < 1.29 is 9.53 Å². The summed E-state index contributed by atoms with van der Waals surface area (Å²) in [6.07, 6.45) is 2.97. The highest BCUT2D eigenvalue weighted by molar-refractivity contribution is 5.76. The molecule has 0 spiro atoms. The molecule has 20 heavy (non-hydrogen) atoms. The van der Waals surface area contributed by atoms with Crippen molar-refractivity contribution in [2.24, 2.45) is 5.92 Å². The van der Waals surface area contributed by atoms with Crippen molar-refractivity contribution in [1.29, 1.82) is 0 Å². The molecule has 1 aromatic carbocycles. The Bertz CT molecular complexity index is 480. The molecule has 1 aliphatic carbocycles. The SMILES string of the molecule is Cc1ccc(OCCC(=O)N(C)C(C)C2CC2)c(C)c1. The van der Waals surface area contributed by atoms with Crippen molar-refractivity contribution >= 4 is 5.91 Å². The summed E-state index contributed by atoms with van der Waals surface area (Å²) >= 11 is 0. The van der Waals surface area contributed by atoms with Crippen LogP contribution in [0.1, 0.15) is 37.3 Å². The second kappa shape index (κ2) is 6.29. The van der Waals surface area contributed by atoms with Gasteiger partial charge in [0.15, 0.2) is 0 Å². The van der Waals surface area contributed by atoms with E-state index >= 15 is 0 Å². The van der Waals surface area contributed by atoms with Crippen molar-refractivity contribution in [3.8, 4) is 5.75 Å². The Morgan fingerprint density at radius 1 is 1.40 bits per heavy atom. The lowest BCUT2D eigenvalue weighted by Gasteiger charge is -2.25. The third-order valence-corrected chi connectivity index (χ3v) is 4.21. The van der Waals surface area contributed by atoms with Gasteiger partial charge in [-0.2, -0.15) is 0 Å². The second-order valence-corrected chi connectivity index (χ2v) is 5.95. The first kappa shape index (κ1) is 14.9. The fourth-order valence-electron chi connectivity index (χ4n) is 2.51. The zero-order chi connectivity index (χ0) is 14.7. The molecule has 1 unspecified atom stereocenters. The van der Waals surface area contributed by atoms with Gasteiger partial charge in [0.2, 0.25) is 5.91 Å². The van der Waals surface area contributed by atoms with Gasteiger partial charge in [0.1, 0.15) is 5.75 Å². The first-order chi connectivity index (χ1) is 9.49. The first-order valence-corrected chi connectivity index (χ1v) is 7.44. The molecule has 3 nitrogen and oxygen atoms in total. The summed E-state index contributed by atoms with van der Waals surface area (Å²) in [4.78, 5) is 14.0. The fraction of sp³-hybridized carbons (Fsp3) is 0.588. The van der Waals surface area contributed by atoms with Gasteiger partial charge >= 0.3 is 0 Å². The lowest BCUT2D eigenvalue weighted by molar-refractivity contribution is -0.132. The number of amides is 1. The van der Waals surface area contributed by atoms with Gasteiger partial charge in [0.05, 0.1) is 13.0 Å². The molecule has 0 saturated heterocycles. The van der Waals surface area contributed by atoms with E-state index in [1.807, 2.05) is 31.0 Å². The number of rotatable bonds is 6. The van der Waals surface area contributed by atoms with Crippen molar-refractivity contribution in [3.63, 3.8) is 0 Å². The third kappa shape index (κ3) is 3.75. The molecule has 1 aliphatic rings. The smallest absolute Gasteiger partial charge is 0.225 e. The van der Waals surface area contributed by atoms with Crippen LogP contribution in [0.15, 0.2) is 18.2 Å². The summed E-state index contributed by atoms with van der Waals surface area (Å²) in [6.45, 7) is 6.69. The van der Waals surface area contributed by atoms with E-state index in [0.717, 1.165) is 11.3 Å². The van der Waals surface area contributed by atoms with Crippen molar-refractivity contribution in [2.45, 2.75) is 46.1 Å². The molecule has 1 aromatic rings. The minimum absolute atomic E-state index is 0.175. The number of hydrogen-bond donors (Lipinski definition) is 0. The van der Waals surface area contributed by atoms with Crippen molar-refractivity contribution in [3.05, 3.63) is 29.3 Å². The topological polar surface area (TPSA) is 29.5 Å². The predicted octanol–water partition coefficient (Wildman–Crippen LogP) is 3.33. The Hall–Kier alpha value is -1.51. The molecular formula is C17H25NO2. The normalized spacial score (nSPS) is 15.8. The van der Waals surface area contributed by atoms with Gasteiger partial charge in [0.25, 0.3) is 0 Å². The lowest BCUT2D eigenvalue weighted by atomic mass is 10.1. The van der Waals surface area contributed by atoms with Gasteiger partial charge in [-0.1, -0.05) is 17.7 Å². The quantitative estimate of drug-likeness (QED) is 0.797. The van der Waals surface area contributed by atoms with E-state index < -0.39 is 0 Å². The van der Waals surface area contributed by atoms with Crippen molar-refractivity contribution in [2.75, 3.05) is 13.7 Å². The van der Waals surface area contributed by atoms with Crippen LogP contribution in [0.2, 0.25) is 0 Å². The Morgan fingerprint density at radius 3 is 2.70 bits per heavy atom. The average Bonchev–Trinajstić information content (AvgIpc) is 3.23. The molecular weight excluding hydrogens is 250 g/mol. The number of hydrogen-bond acceptors (Lipinski definition) is 2. The standard InChI is InChI=1S/C17H25NO2/c1-12-5-8-16(13(2)11-12)20-10-9-17(19)18(4)14(3)15-6-7-15/h5,8,11,14-15H,6-7,9-10H2,1-4H3. The van der Waals surface area contributed by atoms with Gasteiger partial charge in [0, 0.05) is 13.1 Å². The molecule has 1 atom stereocenters. The van der Waals surface area contributed by atoms with Crippen LogP contribution in [0.25, 0.3) is 0 Å². The maximum Gasteiger partial charge on any atom is 0.225 e. The highest BCUT2D eigenvalue weighted by Crippen LogP contribution is 2.34. The molecule has 1 saturated carbocycles. The highest BCUT2D eigenvalue weighted by atomic mass is 16.5. The Labute approximate surface area is 121 Å². The van der Waals surface area contributed by atoms with Crippen LogP contribution >= 0.6 is 0 Å². The molecule has 110 valence electrons. The average molecular weight is 275 g/mol. The molecule has 0 bridgehead atoms. The molecule has 0 aromatic heterocycles. The van der Waals surface area contributed by atoms with Crippen LogP contribution < -0.4 is 4.74 Å². The van der Waals surface area contributed by atoms with Crippen molar-refractivity contribution in [1.82, 2.24) is 4.90 Å². The second-order valence-electron chi connectivity index (χ2n) is 5.95. The van der Waals surface area contributed by atoms with Crippen LogP contribution in [0, 0.1) is 19.8 Å². The zero-order valence-corrected chi connectivity index (χ0v) is 13.0. The first-order valence-electron chi connectivity index (χ1n) is 7.44. The van der Waals surface area contributed by atoms with Gasteiger partial charge in [-0.05, 0) is 51.2 Å². The van der Waals surface area contributed by atoms with Crippen LogP contribution in [0.5, 0.6) is 5.75 Å². The molecule has 0 aliphatic heterocycles. The van der Waals surface area contributed by atoms with Crippen LogP contribution in [-0.4, -0.2) is 30.5 Å². The monoisotopic (exact) mass is 275 g/mol. The van der Waals surface area contributed by atoms with E-state index in [2.05, 4.69) is 19.9 Å². The third-order valence-electron chi connectivity index (χ3n) is 4.21. The van der Waals surface area contributed by atoms with E-state index in [1.165, 1.54) is 18.4 Å². The summed E-state index contributed by atoms with van der Waals surface area (Å²) in [7, 11) is 1.91.